The van der Waals surface area contributed by atoms with Gasteiger partial charge in [-0.15, -0.1) is 11.3 Å². The van der Waals surface area contributed by atoms with E-state index in [0.717, 1.165) is 16.9 Å². The zero-order valence-electron chi connectivity index (χ0n) is 11.0. The number of carboxylic acid groups (broad SMARTS) is 1. The van der Waals surface area contributed by atoms with Gasteiger partial charge in [0.25, 0.3) is 0 Å². The minimum Gasteiger partial charge on any atom is -0.544 e. The van der Waals surface area contributed by atoms with E-state index in [-0.39, 0.29) is 28.0 Å². The van der Waals surface area contributed by atoms with Gasteiger partial charge in [0, 0.05) is 0 Å². The summed E-state index contributed by atoms with van der Waals surface area (Å²) in [5, 5.41) is 10.9. The second-order valence-electron chi connectivity index (χ2n) is 4.25. The first kappa shape index (κ1) is 14.2. The normalized spacial score (nSPS) is 10.3. The van der Waals surface area contributed by atoms with Crippen LogP contribution in [0.2, 0.25) is 0 Å². The van der Waals surface area contributed by atoms with Gasteiger partial charge >= 0.3 is 0 Å². The molecule has 0 aliphatic heterocycles. The standard InChI is InChI=1S/C14H13NO4S/c1-8-3-5-10(6-4-8)19-7-11(16)13-15-9(2)12(20-13)14(17)18/h3-6H,7H2,1-2H3,(H,17,18)/p-1. The fraction of sp³-hybridized carbons (Fsp3) is 0.214. The Balaban J connectivity index is 2.03. The molecule has 20 heavy (non-hydrogen) atoms. The Morgan fingerprint density at radius 3 is 2.45 bits per heavy atom. The lowest BCUT2D eigenvalue weighted by atomic mass is 10.2. The molecule has 0 aliphatic rings. The maximum atomic E-state index is 11.9. The molecule has 0 unspecified atom stereocenters. The number of ether oxygens (including phenoxy) is 1. The van der Waals surface area contributed by atoms with Gasteiger partial charge in [0.05, 0.1) is 16.5 Å². The number of carbonyl (C=O) groups is 2. The van der Waals surface area contributed by atoms with Gasteiger partial charge in [-0.3, -0.25) is 4.79 Å². The third kappa shape index (κ3) is 3.21. The predicted octanol–water partition coefficient (Wildman–Crippen LogP) is 1.39. The highest BCUT2D eigenvalue weighted by Gasteiger charge is 2.15. The first-order valence-corrected chi connectivity index (χ1v) is 6.70. The molecule has 6 heteroatoms. The summed E-state index contributed by atoms with van der Waals surface area (Å²) < 4.78 is 5.34. The summed E-state index contributed by atoms with van der Waals surface area (Å²) in [6, 6.07) is 7.29. The van der Waals surface area contributed by atoms with E-state index in [1.165, 1.54) is 6.92 Å². The molecule has 0 bridgehead atoms. The lowest BCUT2D eigenvalue weighted by Gasteiger charge is -2.04. The molecule has 0 atom stereocenters. The Morgan fingerprint density at radius 2 is 1.90 bits per heavy atom. The fourth-order valence-electron chi connectivity index (χ4n) is 1.55. The number of rotatable bonds is 5. The molecule has 5 nitrogen and oxygen atoms in total. The molecule has 0 fully saturated rings. The minimum atomic E-state index is -1.32. The summed E-state index contributed by atoms with van der Waals surface area (Å²) in [7, 11) is 0. The number of nitrogens with zero attached hydrogens (tertiary/aromatic N) is 1. The average Bonchev–Trinajstić information content (AvgIpc) is 2.80. The molecular formula is C14H12NO4S-. The quantitative estimate of drug-likeness (QED) is 0.777. The van der Waals surface area contributed by atoms with Crippen molar-refractivity contribution in [2.24, 2.45) is 0 Å². The Labute approximate surface area is 119 Å². The van der Waals surface area contributed by atoms with E-state index >= 15 is 0 Å². The second-order valence-corrected chi connectivity index (χ2v) is 5.24. The number of hydrogen-bond donors (Lipinski definition) is 0. The van der Waals surface area contributed by atoms with Crippen LogP contribution in [0.25, 0.3) is 0 Å². The van der Waals surface area contributed by atoms with Crippen molar-refractivity contribution in [1.82, 2.24) is 4.98 Å². The first-order chi connectivity index (χ1) is 9.47. The van der Waals surface area contributed by atoms with E-state index in [9.17, 15) is 14.7 Å². The Morgan fingerprint density at radius 1 is 1.25 bits per heavy atom. The van der Waals surface area contributed by atoms with Crippen LogP contribution in [0.4, 0.5) is 0 Å². The van der Waals surface area contributed by atoms with Crippen molar-refractivity contribution in [1.29, 1.82) is 0 Å². The lowest BCUT2D eigenvalue weighted by Crippen LogP contribution is -2.21. The molecule has 0 N–H and O–H groups in total. The van der Waals surface area contributed by atoms with Crippen molar-refractivity contribution in [2.45, 2.75) is 13.8 Å². The van der Waals surface area contributed by atoms with E-state index in [0.29, 0.717) is 5.75 Å². The molecule has 1 aromatic heterocycles. The van der Waals surface area contributed by atoms with Gasteiger partial charge in [-0.2, -0.15) is 0 Å². The highest BCUT2D eigenvalue weighted by atomic mass is 32.1. The van der Waals surface area contributed by atoms with Crippen molar-refractivity contribution >= 4 is 23.1 Å². The van der Waals surface area contributed by atoms with E-state index in [1.807, 2.05) is 19.1 Å². The van der Waals surface area contributed by atoms with Gasteiger partial charge < -0.3 is 14.6 Å². The van der Waals surface area contributed by atoms with Gasteiger partial charge in [0.15, 0.2) is 11.6 Å². The van der Waals surface area contributed by atoms with Gasteiger partial charge in [0.2, 0.25) is 5.78 Å². The molecule has 0 aliphatic carbocycles. The van der Waals surface area contributed by atoms with Gasteiger partial charge in [0.1, 0.15) is 5.75 Å². The van der Waals surface area contributed by atoms with Crippen molar-refractivity contribution in [3.8, 4) is 5.75 Å². The van der Waals surface area contributed by atoms with Crippen molar-refractivity contribution < 1.29 is 19.4 Å². The molecule has 1 aromatic carbocycles. The summed E-state index contributed by atoms with van der Waals surface area (Å²) in [4.78, 5) is 26.6. The molecule has 0 saturated carbocycles. The Kier molecular flexibility index (Phi) is 4.14. The van der Waals surface area contributed by atoms with Crippen LogP contribution in [-0.2, 0) is 0 Å². The number of carboxylic acids is 1. The number of aryl methyl sites for hydroxylation is 2. The SMILES string of the molecule is Cc1ccc(OCC(=O)c2nc(C)c(C(=O)[O-])s2)cc1. The minimum absolute atomic E-state index is 0.0244. The smallest absolute Gasteiger partial charge is 0.228 e. The highest BCUT2D eigenvalue weighted by Crippen LogP contribution is 2.18. The molecule has 0 saturated heterocycles. The van der Waals surface area contributed by atoms with Crippen molar-refractivity contribution in [3.63, 3.8) is 0 Å². The number of benzene rings is 1. The summed E-state index contributed by atoms with van der Waals surface area (Å²) in [5.41, 5.74) is 1.38. The number of aromatic nitrogens is 1. The monoisotopic (exact) mass is 290 g/mol. The lowest BCUT2D eigenvalue weighted by molar-refractivity contribution is -0.254. The molecular weight excluding hydrogens is 278 g/mol. The third-order valence-corrected chi connectivity index (χ3v) is 3.79. The van der Waals surface area contributed by atoms with E-state index < -0.39 is 5.97 Å². The molecule has 0 spiro atoms. The number of thiazole rings is 1. The predicted molar refractivity (Wildman–Crippen MR) is 72.2 cm³/mol. The van der Waals surface area contributed by atoms with Crippen LogP contribution in [0, 0.1) is 13.8 Å². The maximum absolute atomic E-state index is 11.9. The van der Waals surface area contributed by atoms with Crippen LogP contribution in [0.15, 0.2) is 24.3 Å². The fourth-order valence-corrected chi connectivity index (χ4v) is 2.38. The summed E-state index contributed by atoms with van der Waals surface area (Å²) in [6.45, 7) is 3.30. The first-order valence-electron chi connectivity index (χ1n) is 5.89. The van der Waals surface area contributed by atoms with Crippen LogP contribution in [0.1, 0.15) is 30.7 Å². The van der Waals surface area contributed by atoms with E-state index in [2.05, 4.69) is 4.98 Å². The zero-order valence-corrected chi connectivity index (χ0v) is 11.8. The largest absolute Gasteiger partial charge is 0.544 e. The number of ketones is 1. The molecule has 1 heterocycles. The molecule has 2 rings (SSSR count). The van der Waals surface area contributed by atoms with Gasteiger partial charge in [-0.1, -0.05) is 17.7 Å². The van der Waals surface area contributed by atoms with Crippen molar-refractivity contribution in [2.75, 3.05) is 6.61 Å². The highest BCUT2D eigenvalue weighted by molar-refractivity contribution is 7.15. The Bertz CT molecular complexity index is 646. The molecule has 2 aromatic rings. The summed E-state index contributed by atoms with van der Waals surface area (Å²) in [5.74, 6) is -1.10. The second kappa shape index (κ2) is 5.83. The van der Waals surface area contributed by atoms with Crippen LogP contribution < -0.4 is 9.84 Å². The van der Waals surface area contributed by atoms with Crippen molar-refractivity contribution in [3.05, 3.63) is 45.4 Å². The van der Waals surface area contributed by atoms with Crippen LogP contribution in [0.5, 0.6) is 5.75 Å². The van der Waals surface area contributed by atoms with E-state index in [4.69, 9.17) is 4.74 Å². The van der Waals surface area contributed by atoms with Crippen LogP contribution in [-0.4, -0.2) is 23.3 Å². The maximum Gasteiger partial charge on any atom is 0.228 e. The van der Waals surface area contributed by atoms with Crippen LogP contribution in [0.3, 0.4) is 0 Å². The van der Waals surface area contributed by atoms with Gasteiger partial charge in [-0.25, -0.2) is 4.98 Å². The zero-order chi connectivity index (χ0) is 14.7. The number of carbonyl (C=O) groups excluding carboxylic acids is 2. The van der Waals surface area contributed by atoms with Crippen LogP contribution >= 0.6 is 11.3 Å². The number of hydrogen-bond acceptors (Lipinski definition) is 6. The molecule has 0 amide bonds. The Hall–Kier alpha value is -2.21. The summed E-state index contributed by atoms with van der Waals surface area (Å²) in [6.07, 6.45) is 0. The average molecular weight is 290 g/mol. The topological polar surface area (TPSA) is 79.3 Å². The molecule has 0 radical (unpaired) electrons. The molecule has 104 valence electrons. The third-order valence-electron chi connectivity index (χ3n) is 2.61. The number of Topliss-reactive ketones (excluding diaryl/α,β-unsaturated/α-hetero) is 1. The van der Waals surface area contributed by atoms with E-state index in [1.54, 1.807) is 12.1 Å². The van der Waals surface area contributed by atoms with Gasteiger partial charge in [-0.05, 0) is 26.0 Å². The number of aromatic carboxylic acids is 1. The summed E-state index contributed by atoms with van der Waals surface area (Å²) >= 11 is 0.811.